The average molecular weight is 456 g/mol. The number of urea groups is 1. The van der Waals surface area contributed by atoms with E-state index in [9.17, 15) is 9.59 Å². The van der Waals surface area contributed by atoms with E-state index in [0.29, 0.717) is 13.1 Å². The zero-order chi connectivity index (χ0) is 23.5. The number of benzene rings is 1. The number of carbonyl (C=O) groups excluding carboxylic acids is 2. The monoisotopic (exact) mass is 455 g/mol. The molecule has 0 saturated carbocycles. The molecule has 174 valence electrons. The lowest BCUT2D eigenvalue weighted by Crippen LogP contribution is -2.49. The van der Waals surface area contributed by atoms with Gasteiger partial charge in [0.05, 0.1) is 6.04 Å². The number of rotatable bonds is 6. The highest BCUT2D eigenvalue weighted by Crippen LogP contribution is 2.38. The molecular weight excluding hydrogens is 418 g/mol. The number of thiophene rings is 1. The number of fused-ring (bicyclic) bond motifs is 1. The largest absolute Gasteiger partial charge is 0.331 e. The lowest BCUT2D eigenvalue weighted by molar-refractivity contribution is -0.134. The number of amides is 3. The second-order valence-electron chi connectivity index (χ2n) is 9.86. The van der Waals surface area contributed by atoms with Crippen LogP contribution in [0.25, 0.3) is 0 Å². The van der Waals surface area contributed by atoms with Crippen molar-refractivity contribution in [1.82, 2.24) is 14.7 Å². The summed E-state index contributed by atoms with van der Waals surface area (Å²) in [7, 11) is 3.48. The van der Waals surface area contributed by atoms with Gasteiger partial charge in [0.15, 0.2) is 0 Å². The maximum absolute atomic E-state index is 13.6. The molecule has 1 aromatic heterocycles. The molecule has 0 radical (unpaired) electrons. The summed E-state index contributed by atoms with van der Waals surface area (Å²) in [5.74, 6) is 0.0121. The third kappa shape index (κ3) is 5.34. The third-order valence-corrected chi connectivity index (χ3v) is 7.14. The van der Waals surface area contributed by atoms with Crippen molar-refractivity contribution in [3.8, 4) is 0 Å². The maximum atomic E-state index is 13.6. The Hall–Kier alpha value is -2.34. The van der Waals surface area contributed by atoms with Gasteiger partial charge in [-0.1, -0.05) is 58.4 Å². The molecule has 1 aromatic carbocycles. The van der Waals surface area contributed by atoms with E-state index in [2.05, 4.69) is 63.4 Å². The van der Waals surface area contributed by atoms with Crippen LogP contribution in [0.4, 0.5) is 4.79 Å². The summed E-state index contributed by atoms with van der Waals surface area (Å²) in [4.78, 5) is 32.8. The van der Waals surface area contributed by atoms with Gasteiger partial charge in [-0.05, 0) is 46.4 Å². The first-order valence-electron chi connectivity index (χ1n) is 11.6. The Balaban J connectivity index is 1.90. The zero-order valence-electron chi connectivity index (χ0n) is 20.4. The molecule has 32 heavy (non-hydrogen) atoms. The van der Waals surface area contributed by atoms with Crippen LogP contribution in [0, 0.1) is 0 Å². The molecule has 1 unspecified atom stereocenters. The van der Waals surface area contributed by atoms with Crippen molar-refractivity contribution in [2.45, 2.75) is 58.4 Å². The van der Waals surface area contributed by atoms with Crippen molar-refractivity contribution in [3.05, 3.63) is 57.3 Å². The van der Waals surface area contributed by atoms with Gasteiger partial charge in [0.2, 0.25) is 5.91 Å². The van der Waals surface area contributed by atoms with Crippen molar-refractivity contribution in [3.63, 3.8) is 0 Å². The minimum atomic E-state index is -0.105. The van der Waals surface area contributed by atoms with Gasteiger partial charge in [-0.3, -0.25) is 4.79 Å². The summed E-state index contributed by atoms with van der Waals surface area (Å²) < 4.78 is 0. The van der Waals surface area contributed by atoms with Crippen LogP contribution in [-0.4, -0.2) is 60.4 Å². The van der Waals surface area contributed by atoms with E-state index in [0.717, 1.165) is 24.8 Å². The van der Waals surface area contributed by atoms with Crippen LogP contribution in [-0.2, 0) is 16.6 Å². The Kier molecular flexibility index (Phi) is 7.65. The Labute approximate surface area is 197 Å². The molecule has 2 heterocycles. The second-order valence-corrected chi connectivity index (χ2v) is 10.9. The highest BCUT2D eigenvalue weighted by Gasteiger charge is 2.34. The predicted molar refractivity (Wildman–Crippen MR) is 132 cm³/mol. The fourth-order valence-corrected chi connectivity index (χ4v) is 5.14. The van der Waals surface area contributed by atoms with Crippen molar-refractivity contribution in [2.75, 3.05) is 33.7 Å². The average Bonchev–Trinajstić information content (AvgIpc) is 3.23. The smallest absolute Gasteiger partial charge is 0.319 e. The Morgan fingerprint density at radius 3 is 2.41 bits per heavy atom. The maximum Gasteiger partial charge on any atom is 0.319 e. The normalized spacial score (nSPS) is 15.9. The Bertz CT molecular complexity index is 927. The molecule has 6 heteroatoms. The van der Waals surface area contributed by atoms with Crippen LogP contribution >= 0.6 is 11.3 Å². The molecule has 2 aromatic rings. The number of hydrogen-bond donors (Lipinski definition) is 0. The molecule has 3 rings (SSSR count). The minimum Gasteiger partial charge on any atom is -0.331 e. The van der Waals surface area contributed by atoms with Crippen molar-refractivity contribution >= 4 is 23.3 Å². The Morgan fingerprint density at radius 2 is 1.81 bits per heavy atom. The number of unbranched alkanes of at least 4 members (excludes halogenated alkanes) is 1. The summed E-state index contributed by atoms with van der Waals surface area (Å²) in [6.45, 7) is 10.1. The van der Waals surface area contributed by atoms with Gasteiger partial charge in [0, 0.05) is 32.1 Å². The molecular formula is C26H37N3O2S. The summed E-state index contributed by atoms with van der Waals surface area (Å²) in [6, 6.07) is 10.6. The molecule has 0 bridgehead atoms. The van der Waals surface area contributed by atoms with Gasteiger partial charge >= 0.3 is 6.03 Å². The fraction of sp³-hybridized carbons (Fsp3) is 0.538. The molecule has 1 aliphatic heterocycles. The molecule has 1 atom stereocenters. The van der Waals surface area contributed by atoms with Gasteiger partial charge < -0.3 is 14.7 Å². The molecule has 5 nitrogen and oxygen atoms in total. The van der Waals surface area contributed by atoms with E-state index >= 15 is 0 Å². The van der Waals surface area contributed by atoms with Gasteiger partial charge in [0.25, 0.3) is 0 Å². The summed E-state index contributed by atoms with van der Waals surface area (Å²) in [6.07, 6.45) is 2.74. The molecule has 0 saturated heterocycles. The lowest BCUT2D eigenvalue weighted by atomic mass is 9.85. The van der Waals surface area contributed by atoms with E-state index in [1.807, 2.05) is 4.90 Å². The summed E-state index contributed by atoms with van der Waals surface area (Å²) in [5.41, 5.74) is 3.71. The fourth-order valence-electron chi connectivity index (χ4n) is 4.24. The van der Waals surface area contributed by atoms with Crippen molar-refractivity contribution in [2.24, 2.45) is 0 Å². The van der Waals surface area contributed by atoms with Crippen LogP contribution in [0.15, 0.2) is 35.7 Å². The number of carbonyl (C=O) groups is 2. The van der Waals surface area contributed by atoms with Crippen LogP contribution in [0.1, 0.15) is 68.1 Å². The quantitative estimate of drug-likeness (QED) is 0.593. The van der Waals surface area contributed by atoms with Gasteiger partial charge in [-0.15, -0.1) is 11.3 Å². The first-order chi connectivity index (χ1) is 15.1. The highest BCUT2D eigenvalue weighted by atomic mass is 32.1. The van der Waals surface area contributed by atoms with E-state index < -0.39 is 0 Å². The predicted octanol–water partition coefficient (Wildman–Crippen LogP) is 5.30. The third-order valence-electron chi connectivity index (χ3n) is 6.14. The molecule has 0 N–H and O–H groups in total. The van der Waals surface area contributed by atoms with Gasteiger partial charge in [-0.2, -0.15) is 0 Å². The topological polar surface area (TPSA) is 43.9 Å². The minimum absolute atomic E-state index is 0.0121. The Morgan fingerprint density at radius 1 is 1.12 bits per heavy atom. The van der Waals surface area contributed by atoms with Crippen LogP contribution in [0.3, 0.4) is 0 Å². The van der Waals surface area contributed by atoms with Crippen molar-refractivity contribution in [1.29, 1.82) is 0 Å². The molecule has 0 spiro atoms. The highest BCUT2D eigenvalue weighted by molar-refractivity contribution is 7.10. The van der Waals surface area contributed by atoms with E-state index in [-0.39, 0.29) is 29.9 Å². The zero-order valence-corrected chi connectivity index (χ0v) is 21.2. The van der Waals surface area contributed by atoms with E-state index in [4.69, 9.17) is 0 Å². The molecule has 3 amide bonds. The first-order valence-corrected chi connectivity index (χ1v) is 12.4. The van der Waals surface area contributed by atoms with E-state index in [1.165, 1.54) is 16.0 Å². The summed E-state index contributed by atoms with van der Waals surface area (Å²) in [5, 5.41) is 2.12. The lowest BCUT2D eigenvalue weighted by Gasteiger charge is -2.38. The van der Waals surface area contributed by atoms with Gasteiger partial charge in [0.1, 0.15) is 6.54 Å². The van der Waals surface area contributed by atoms with Crippen LogP contribution in [0.2, 0.25) is 0 Å². The second kappa shape index (κ2) is 10.1. The molecule has 0 aliphatic carbocycles. The standard InChI is InChI=1S/C26H37N3O2S/c1-7-8-15-28(25(31)27(5)6)18-23(30)29-16-13-22-21(14-17-32-22)24(29)19-9-11-20(12-10-19)26(2,3)4/h9-12,14,17,24H,7-8,13,15-16,18H2,1-6H3. The number of nitrogens with zero attached hydrogens (tertiary/aromatic N) is 3. The van der Waals surface area contributed by atoms with E-state index in [1.54, 1.807) is 35.2 Å². The molecule has 0 fully saturated rings. The van der Waals surface area contributed by atoms with Gasteiger partial charge in [-0.25, -0.2) is 4.79 Å². The number of hydrogen-bond acceptors (Lipinski definition) is 3. The van der Waals surface area contributed by atoms with Crippen LogP contribution in [0.5, 0.6) is 0 Å². The van der Waals surface area contributed by atoms with Crippen LogP contribution < -0.4 is 0 Å². The molecule has 1 aliphatic rings. The SMILES string of the molecule is CCCCN(CC(=O)N1CCc2sccc2C1c1ccc(C(C)(C)C)cc1)C(=O)N(C)C. The van der Waals surface area contributed by atoms with Crippen molar-refractivity contribution < 1.29 is 9.59 Å². The first kappa shape index (κ1) is 24.3. The summed E-state index contributed by atoms with van der Waals surface area (Å²) >= 11 is 1.77.